The first kappa shape index (κ1) is 16.0. The van der Waals surface area contributed by atoms with Gasteiger partial charge in [0.2, 0.25) is 5.91 Å². The average Bonchev–Trinajstić information content (AvgIpc) is 3.07. The molecule has 112 valence electrons. The van der Waals surface area contributed by atoms with Crippen LogP contribution < -0.4 is 5.32 Å². The molecule has 0 aliphatic carbocycles. The molecule has 2 aromatic heterocycles. The first-order valence-electron chi connectivity index (χ1n) is 6.04. The summed E-state index contributed by atoms with van der Waals surface area (Å²) >= 11 is 4.33. The van der Waals surface area contributed by atoms with E-state index < -0.39 is 5.97 Å². The molecule has 0 atom stereocenters. The van der Waals surface area contributed by atoms with E-state index in [1.54, 1.807) is 22.8 Å². The lowest BCUT2D eigenvalue weighted by Crippen LogP contribution is -2.15. The number of anilines is 1. The Morgan fingerprint density at radius 1 is 1.43 bits per heavy atom. The van der Waals surface area contributed by atoms with Crippen molar-refractivity contribution in [2.75, 3.05) is 18.2 Å². The maximum atomic E-state index is 11.9. The summed E-state index contributed by atoms with van der Waals surface area (Å²) in [5.41, 5.74) is 1.49. The maximum absolute atomic E-state index is 11.9. The highest BCUT2D eigenvalue weighted by atomic mass is 32.2. The fourth-order valence-electron chi connectivity index (χ4n) is 1.57. The van der Waals surface area contributed by atoms with Crippen molar-refractivity contribution in [1.82, 2.24) is 4.98 Å². The van der Waals surface area contributed by atoms with Crippen LogP contribution >= 0.6 is 34.4 Å². The summed E-state index contributed by atoms with van der Waals surface area (Å²) < 4.78 is 4.67. The maximum Gasteiger partial charge on any atom is 0.350 e. The molecule has 0 radical (unpaired) electrons. The van der Waals surface area contributed by atoms with Gasteiger partial charge in [-0.3, -0.25) is 4.79 Å². The van der Waals surface area contributed by atoms with Gasteiger partial charge in [0.25, 0.3) is 0 Å². The van der Waals surface area contributed by atoms with Gasteiger partial charge in [-0.1, -0.05) is 0 Å². The molecular weight excluding hydrogens is 328 g/mol. The number of amides is 1. The normalized spacial score (nSPS) is 10.4. The van der Waals surface area contributed by atoms with E-state index in [2.05, 4.69) is 15.0 Å². The van der Waals surface area contributed by atoms with Gasteiger partial charge >= 0.3 is 5.97 Å². The zero-order valence-corrected chi connectivity index (χ0v) is 14.0. The first-order valence-corrected chi connectivity index (χ1v) is 8.96. The van der Waals surface area contributed by atoms with E-state index in [0.29, 0.717) is 22.1 Å². The standard InChI is InChI=1S/C13H14N2O3S3/c1-8-14-9(6-21-8)5-19-7-11(16)15-10-3-4-20-12(10)13(17)18-2/h3-4,6H,5,7H2,1-2H3,(H,15,16). The number of nitrogens with zero attached hydrogens (tertiary/aromatic N) is 1. The lowest BCUT2D eigenvalue weighted by atomic mass is 10.4. The van der Waals surface area contributed by atoms with Crippen molar-refractivity contribution >= 4 is 52.0 Å². The molecule has 0 aromatic carbocycles. The molecule has 0 spiro atoms. The second-order valence-corrected chi connectivity index (χ2v) is 7.02. The third kappa shape index (κ3) is 4.55. The fourth-order valence-corrected chi connectivity index (χ4v) is 3.77. The number of carbonyl (C=O) groups excluding carboxylic acids is 2. The van der Waals surface area contributed by atoms with Crippen molar-refractivity contribution in [3.63, 3.8) is 0 Å². The largest absolute Gasteiger partial charge is 0.465 e. The number of thioether (sulfide) groups is 1. The summed E-state index contributed by atoms with van der Waals surface area (Å²) in [7, 11) is 1.32. The minimum absolute atomic E-state index is 0.143. The number of methoxy groups -OCH3 is 1. The molecular formula is C13H14N2O3S3. The molecule has 0 bridgehead atoms. The quantitative estimate of drug-likeness (QED) is 0.817. The number of aromatic nitrogens is 1. The van der Waals surface area contributed by atoms with Crippen molar-refractivity contribution < 1.29 is 14.3 Å². The molecule has 5 nitrogen and oxygen atoms in total. The SMILES string of the molecule is COC(=O)c1sccc1NC(=O)CSCc1csc(C)n1. The number of thiophene rings is 1. The molecule has 2 heterocycles. The Hall–Kier alpha value is -1.38. The highest BCUT2D eigenvalue weighted by Crippen LogP contribution is 2.23. The molecule has 8 heteroatoms. The Balaban J connectivity index is 1.82. The predicted octanol–water partition coefficient (Wildman–Crippen LogP) is 3.17. The van der Waals surface area contributed by atoms with Crippen molar-refractivity contribution in [2.24, 2.45) is 0 Å². The van der Waals surface area contributed by atoms with Gasteiger partial charge in [-0.05, 0) is 18.4 Å². The lowest BCUT2D eigenvalue weighted by molar-refractivity contribution is -0.113. The van der Waals surface area contributed by atoms with Crippen molar-refractivity contribution in [3.8, 4) is 0 Å². The Labute approximate surface area is 134 Å². The van der Waals surface area contributed by atoms with E-state index in [-0.39, 0.29) is 5.91 Å². The van der Waals surface area contributed by atoms with E-state index in [1.165, 1.54) is 30.2 Å². The molecule has 1 N–H and O–H groups in total. The minimum Gasteiger partial charge on any atom is -0.465 e. The second-order valence-electron chi connectivity index (χ2n) is 4.05. The number of carbonyl (C=O) groups is 2. The van der Waals surface area contributed by atoms with E-state index in [1.807, 2.05) is 12.3 Å². The van der Waals surface area contributed by atoms with E-state index in [0.717, 1.165) is 10.7 Å². The minimum atomic E-state index is -0.439. The van der Waals surface area contributed by atoms with Crippen LogP contribution in [0.25, 0.3) is 0 Å². The number of hydrogen-bond acceptors (Lipinski definition) is 7. The zero-order chi connectivity index (χ0) is 15.2. The van der Waals surface area contributed by atoms with Gasteiger partial charge in [0.05, 0.1) is 29.3 Å². The van der Waals surface area contributed by atoms with Gasteiger partial charge in [0, 0.05) is 11.1 Å². The van der Waals surface area contributed by atoms with Crippen LogP contribution in [0.2, 0.25) is 0 Å². The van der Waals surface area contributed by atoms with Crippen molar-refractivity contribution in [3.05, 3.63) is 32.4 Å². The molecule has 0 aliphatic rings. The number of nitrogens with one attached hydrogen (secondary N) is 1. The van der Waals surface area contributed by atoms with Crippen LogP contribution in [0.3, 0.4) is 0 Å². The van der Waals surface area contributed by atoms with Crippen molar-refractivity contribution in [2.45, 2.75) is 12.7 Å². The Morgan fingerprint density at radius 3 is 2.90 bits per heavy atom. The summed E-state index contributed by atoms with van der Waals surface area (Å²) in [6.07, 6.45) is 0. The molecule has 0 unspecified atom stereocenters. The number of thiazole rings is 1. The van der Waals surface area contributed by atoms with Crippen molar-refractivity contribution in [1.29, 1.82) is 0 Å². The van der Waals surface area contributed by atoms with Gasteiger partial charge in [0.15, 0.2) is 0 Å². The molecule has 0 fully saturated rings. The molecule has 0 saturated heterocycles. The van der Waals surface area contributed by atoms with Crippen LogP contribution in [0.5, 0.6) is 0 Å². The van der Waals surface area contributed by atoms with Gasteiger partial charge in [-0.15, -0.1) is 34.4 Å². The molecule has 21 heavy (non-hydrogen) atoms. The van der Waals surface area contributed by atoms with E-state index >= 15 is 0 Å². The van der Waals surface area contributed by atoms with Crippen LogP contribution in [-0.4, -0.2) is 29.7 Å². The third-order valence-electron chi connectivity index (χ3n) is 2.46. The molecule has 2 rings (SSSR count). The predicted molar refractivity (Wildman–Crippen MR) is 87.3 cm³/mol. The molecule has 1 amide bonds. The van der Waals surface area contributed by atoms with Crippen LogP contribution in [0.15, 0.2) is 16.8 Å². The lowest BCUT2D eigenvalue weighted by Gasteiger charge is -2.05. The van der Waals surface area contributed by atoms with Crippen LogP contribution in [0, 0.1) is 6.92 Å². The second kappa shape index (κ2) is 7.58. The van der Waals surface area contributed by atoms with Crippen LogP contribution in [0.1, 0.15) is 20.4 Å². The Morgan fingerprint density at radius 2 is 2.24 bits per heavy atom. The number of ether oxygens (including phenoxy) is 1. The zero-order valence-electron chi connectivity index (χ0n) is 11.5. The van der Waals surface area contributed by atoms with E-state index in [4.69, 9.17) is 0 Å². The average molecular weight is 342 g/mol. The molecule has 2 aromatic rings. The summed E-state index contributed by atoms with van der Waals surface area (Å²) in [6.45, 7) is 1.95. The fraction of sp³-hybridized carbons (Fsp3) is 0.308. The molecule has 0 aliphatic heterocycles. The number of esters is 1. The van der Waals surface area contributed by atoms with Gasteiger partial charge < -0.3 is 10.1 Å². The first-order chi connectivity index (χ1) is 10.1. The van der Waals surface area contributed by atoms with Gasteiger partial charge in [-0.2, -0.15) is 0 Å². The highest BCUT2D eigenvalue weighted by Gasteiger charge is 2.15. The van der Waals surface area contributed by atoms with E-state index in [9.17, 15) is 9.59 Å². The topological polar surface area (TPSA) is 68.3 Å². The summed E-state index contributed by atoms with van der Waals surface area (Å²) in [5.74, 6) is 0.430. The van der Waals surface area contributed by atoms with Crippen LogP contribution in [-0.2, 0) is 15.3 Å². The number of rotatable bonds is 6. The number of hydrogen-bond donors (Lipinski definition) is 1. The number of aryl methyl sites for hydroxylation is 1. The molecule has 0 saturated carbocycles. The summed E-state index contributed by atoms with van der Waals surface area (Å²) in [4.78, 5) is 28.1. The third-order valence-corrected chi connectivity index (χ3v) is 5.14. The van der Waals surface area contributed by atoms with Gasteiger partial charge in [0.1, 0.15) is 4.88 Å². The smallest absolute Gasteiger partial charge is 0.350 e. The monoisotopic (exact) mass is 342 g/mol. The van der Waals surface area contributed by atoms with Gasteiger partial charge in [-0.25, -0.2) is 9.78 Å². The summed E-state index contributed by atoms with van der Waals surface area (Å²) in [6, 6.07) is 1.70. The Bertz CT molecular complexity index is 636. The summed E-state index contributed by atoms with van der Waals surface area (Å²) in [5, 5.41) is 7.49. The highest BCUT2D eigenvalue weighted by molar-refractivity contribution is 7.99. The Kier molecular flexibility index (Phi) is 5.77. The van der Waals surface area contributed by atoms with Crippen LogP contribution in [0.4, 0.5) is 5.69 Å².